The highest BCUT2D eigenvalue weighted by atomic mass is 32.1. The lowest BCUT2D eigenvalue weighted by atomic mass is 10.0. The predicted molar refractivity (Wildman–Crippen MR) is 166 cm³/mol. The summed E-state index contributed by atoms with van der Waals surface area (Å²) < 4.78 is 11.6. The van der Waals surface area contributed by atoms with Crippen LogP contribution < -0.4 is 0 Å². The van der Waals surface area contributed by atoms with Gasteiger partial charge in [-0.25, -0.2) is 0 Å². The first-order chi connectivity index (χ1) is 19.3. The van der Waals surface area contributed by atoms with Crippen molar-refractivity contribution in [2.45, 2.75) is 0 Å². The summed E-state index contributed by atoms with van der Waals surface area (Å²) in [6.45, 7) is 0. The number of hydrogen-bond acceptors (Lipinski definition) is 2. The van der Waals surface area contributed by atoms with Gasteiger partial charge in [-0.05, 0) is 47.5 Å². The lowest BCUT2D eigenvalue weighted by Gasteiger charge is -2.08. The van der Waals surface area contributed by atoms with Crippen molar-refractivity contribution in [1.82, 2.24) is 4.57 Å². The van der Waals surface area contributed by atoms with Crippen LogP contribution in [-0.4, -0.2) is 4.57 Å². The number of thiophene rings is 1. The molecule has 0 radical (unpaired) electrons. The van der Waals surface area contributed by atoms with E-state index in [0.29, 0.717) is 0 Å². The standard InChI is InChI=1S/C36H21NOS/c1-2-8-22(9-3-1)23-14-16-26-27-17-15-24(21-33(27)38-32(26)20-23)37-31-12-6-4-10-25(31)29-18-19-30-28-11-5-7-13-34(28)39-36(30)35(29)37/h1-21H. The molecule has 0 amide bonds. The summed E-state index contributed by atoms with van der Waals surface area (Å²) in [4.78, 5) is 0. The number of benzene rings is 6. The second kappa shape index (κ2) is 7.83. The molecule has 9 rings (SSSR count). The molecule has 3 aromatic heterocycles. The molecule has 0 fully saturated rings. The monoisotopic (exact) mass is 515 g/mol. The maximum Gasteiger partial charge on any atom is 0.137 e. The van der Waals surface area contributed by atoms with E-state index in [2.05, 4.69) is 126 Å². The van der Waals surface area contributed by atoms with Gasteiger partial charge in [0.2, 0.25) is 0 Å². The molecule has 0 aliphatic carbocycles. The number of furan rings is 1. The lowest BCUT2D eigenvalue weighted by Crippen LogP contribution is -1.93. The van der Waals surface area contributed by atoms with Gasteiger partial charge >= 0.3 is 0 Å². The summed E-state index contributed by atoms with van der Waals surface area (Å²) >= 11 is 1.88. The van der Waals surface area contributed by atoms with E-state index in [-0.39, 0.29) is 0 Å². The van der Waals surface area contributed by atoms with Crippen LogP contribution >= 0.6 is 11.3 Å². The first-order valence-corrected chi connectivity index (χ1v) is 14.0. The molecule has 0 atom stereocenters. The van der Waals surface area contributed by atoms with E-state index < -0.39 is 0 Å². The first kappa shape index (κ1) is 21.1. The van der Waals surface area contributed by atoms with Crippen LogP contribution in [0.1, 0.15) is 0 Å². The van der Waals surface area contributed by atoms with Crippen LogP contribution in [0.5, 0.6) is 0 Å². The van der Waals surface area contributed by atoms with Crippen LogP contribution in [0.3, 0.4) is 0 Å². The highest BCUT2D eigenvalue weighted by Gasteiger charge is 2.18. The Bertz CT molecular complexity index is 2390. The third kappa shape index (κ3) is 2.96. The summed E-state index contributed by atoms with van der Waals surface area (Å²) in [5.41, 5.74) is 7.76. The largest absolute Gasteiger partial charge is 0.456 e. The second-order valence-corrected chi connectivity index (χ2v) is 11.2. The highest BCUT2D eigenvalue weighted by molar-refractivity contribution is 7.26. The van der Waals surface area contributed by atoms with Crippen molar-refractivity contribution in [3.8, 4) is 16.8 Å². The molecule has 0 unspecified atom stereocenters. The highest BCUT2D eigenvalue weighted by Crippen LogP contribution is 2.43. The number of fused-ring (bicyclic) bond motifs is 10. The van der Waals surface area contributed by atoms with Crippen molar-refractivity contribution < 1.29 is 4.42 Å². The topological polar surface area (TPSA) is 18.1 Å². The Hall–Kier alpha value is -4.86. The average Bonchev–Trinajstić information content (AvgIpc) is 3.66. The minimum atomic E-state index is 0.905. The van der Waals surface area contributed by atoms with E-state index in [1.807, 2.05) is 17.4 Å². The summed E-state index contributed by atoms with van der Waals surface area (Å²) in [6, 6.07) is 45.7. The minimum Gasteiger partial charge on any atom is -0.456 e. The predicted octanol–water partition coefficient (Wildman–Crippen LogP) is 10.7. The van der Waals surface area contributed by atoms with E-state index in [1.165, 1.54) is 47.5 Å². The van der Waals surface area contributed by atoms with Gasteiger partial charge in [-0.2, -0.15) is 0 Å². The van der Waals surface area contributed by atoms with Crippen LogP contribution in [0.2, 0.25) is 0 Å². The van der Waals surface area contributed by atoms with Crippen LogP contribution in [-0.2, 0) is 0 Å². The van der Waals surface area contributed by atoms with Crippen molar-refractivity contribution in [3.05, 3.63) is 127 Å². The molecule has 3 heterocycles. The summed E-state index contributed by atoms with van der Waals surface area (Å²) in [7, 11) is 0. The van der Waals surface area contributed by atoms with Gasteiger partial charge < -0.3 is 8.98 Å². The molecule has 3 heteroatoms. The Morgan fingerprint density at radius 1 is 0.487 bits per heavy atom. The fourth-order valence-electron chi connectivity index (χ4n) is 6.21. The fourth-order valence-corrected chi connectivity index (χ4v) is 7.45. The van der Waals surface area contributed by atoms with Gasteiger partial charge in [0, 0.05) is 48.8 Å². The maximum atomic E-state index is 6.50. The van der Waals surface area contributed by atoms with Gasteiger partial charge in [0.1, 0.15) is 11.2 Å². The van der Waals surface area contributed by atoms with Gasteiger partial charge in [-0.1, -0.05) is 84.9 Å². The molecule has 0 N–H and O–H groups in total. The van der Waals surface area contributed by atoms with E-state index in [1.54, 1.807) is 0 Å². The maximum absolute atomic E-state index is 6.50. The summed E-state index contributed by atoms with van der Waals surface area (Å²) in [5.74, 6) is 0. The molecule has 0 saturated carbocycles. The molecule has 6 aromatic carbocycles. The Morgan fingerprint density at radius 2 is 1.18 bits per heavy atom. The van der Waals surface area contributed by atoms with Crippen molar-refractivity contribution in [2.24, 2.45) is 0 Å². The number of nitrogens with zero attached hydrogens (tertiary/aromatic N) is 1. The van der Waals surface area contributed by atoms with Crippen LogP contribution in [0, 0.1) is 0 Å². The number of aromatic nitrogens is 1. The zero-order valence-corrected chi connectivity index (χ0v) is 21.7. The second-order valence-electron chi connectivity index (χ2n) is 10.1. The van der Waals surface area contributed by atoms with Gasteiger partial charge in [-0.15, -0.1) is 11.3 Å². The van der Waals surface area contributed by atoms with Crippen LogP contribution in [0.25, 0.3) is 80.7 Å². The van der Waals surface area contributed by atoms with Crippen LogP contribution in [0.4, 0.5) is 0 Å². The molecule has 0 aliphatic rings. The molecular formula is C36H21NOS. The zero-order valence-electron chi connectivity index (χ0n) is 20.9. The van der Waals surface area contributed by atoms with Gasteiger partial charge in [0.15, 0.2) is 0 Å². The van der Waals surface area contributed by atoms with Gasteiger partial charge in [0.05, 0.1) is 15.7 Å². The summed E-state index contributed by atoms with van der Waals surface area (Å²) in [5, 5.41) is 7.46. The summed E-state index contributed by atoms with van der Waals surface area (Å²) in [6.07, 6.45) is 0. The number of para-hydroxylation sites is 1. The van der Waals surface area contributed by atoms with E-state index in [0.717, 1.165) is 33.2 Å². The van der Waals surface area contributed by atoms with E-state index in [9.17, 15) is 0 Å². The third-order valence-corrected chi connectivity index (χ3v) is 9.19. The van der Waals surface area contributed by atoms with Gasteiger partial charge in [0.25, 0.3) is 0 Å². The molecule has 182 valence electrons. The molecule has 0 saturated heterocycles. The van der Waals surface area contributed by atoms with Crippen molar-refractivity contribution in [2.75, 3.05) is 0 Å². The van der Waals surface area contributed by atoms with E-state index in [4.69, 9.17) is 4.42 Å². The zero-order chi connectivity index (χ0) is 25.5. The van der Waals surface area contributed by atoms with Crippen molar-refractivity contribution >= 4 is 75.3 Å². The normalized spacial score (nSPS) is 12.1. The Balaban J connectivity index is 1.33. The van der Waals surface area contributed by atoms with Crippen LogP contribution in [0.15, 0.2) is 132 Å². The van der Waals surface area contributed by atoms with E-state index >= 15 is 0 Å². The third-order valence-electron chi connectivity index (χ3n) is 8.00. The quantitative estimate of drug-likeness (QED) is 0.224. The average molecular weight is 516 g/mol. The fraction of sp³-hybridized carbons (Fsp3) is 0. The molecule has 39 heavy (non-hydrogen) atoms. The molecule has 0 spiro atoms. The van der Waals surface area contributed by atoms with Gasteiger partial charge in [-0.3, -0.25) is 0 Å². The Kier molecular flexibility index (Phi) is 4.24. The van der Waals surface area contributed by atoms with Crippen molar-refractivity contribution in [3.63, 3.8) is 0 Å². The SMILES string of the molecule is c1ccc(-c2ccc3c(c2)oc2cc(-n4c5ccccc5c5ccc6c7ccccc7sc6c54)ccc23)cc1. The Morgan fingerprint density at radius 3 is 2.08 bits per heavy atom. The lowest BCUT2D eigenvalue weighted by molar-refractivity contribution is 0.669. The van der Waals surface area contributed by atoms with Crippen molar-refractivity contribution in [1.29, 1.82) is 0 Å². The molecule has 0 bridgehead atoms. The first-order valence-electron chi connectivity index (χ1n) is 13.2. The minimum absolute atomic E-state index is 0.905. The molecule has 0 aliphatic heterocycles. The molecule has 2 nitrogen and oxygen atoms in total. The molecule has 9 aromatic rings. The smallest absolute Gasteiger partial charge is 0.137 e. The number of rotatable bonds is 2. The Labute approximate surface area is 227 Å². The number of hydrogen-bond donors (Lipinski definition) is 0. The molecular weight excluding hydrogens is 494 g/mol.